The molecule has 0 bridgehead atoms. The van der Waals surface area contributed by atoms with Gasteiger partial charge in [-0.05, 0) is 55.3 Å². The molecule has 4 nitrogen and oxygen atoms in total. The lowest BCUT2D eigenvalue weighted by atomic mass is 10.1. The van der Waals surface area contributed by atoms with Gasteiger partial charge in [0.25, 0.3) is 5.91 Å². The van der Waals surface area contributed by atoms with Gasteiger partial charge < -0.3 is 10.1 Å². The zero-order valence-corrected chi connectivity index (χ0v) is 13.1. The number of hydrogen-bond donors (Lipinski definition) is 1. The number of carbonyl (C=O) groups is 2. The quantitative estimate of drug-likeness (QED) is 0.834. The molecule has 5 heteroatoms. The van der Waals surface area contributed by atoms with Gasteiger partial charge >= 0.3 is 0 Å². The maximum atomic E-state index is 13.2. The molecule has 23 heavy (non-hydrogen) atoms. The van der Waals surface area contributed by atoms with E-state index in [1.807, 2.05) is 0 Å². The van der Waals surface area contributed by atoms with E-state index in [1.165, 1.54) is 13.0 Å². The van der Waals surface area contributed by atoms with Crippen molar-refractivity contribution in [1.82, 2.24) is 5.32 Å². The first-order valence-electron chi connectivity index (χ1n) is 7.21. The average molecular weight is 315 g/mol. The highest BCUT2D eigenvalue weighted by Gasteiger charge is 2.05. The fraction of sp³-hybridized carbons (Fsp3) is 0.222. The van der Waals surface area contributed by atoms with E-state index < -0.39 is 0 Å². The highest BCUT2D eigenvalue weighted by molar-refractivity contribution is 5.94. The Kier molecular flexibility index (Phi) is 5.46. The summed E-state index contributed by atoms with van der Waals surface area (Å²) in [5, 5.41) is 2.70. The number of halogens is 1. The van der Waals surface area contributed by atoms with Crippen LogP contribution in [0.4, 0.5) is 4.39 Å². The summed E-state index contributed by atoms with van der Waals surface area (Å²) in [6.45, 7) is 3.35. The molecular formula is C18H18FNO3. The van der Waals surface area contributed by atoms with Crippen molar-refractivity contribution in [1.29, 1.82) is 0 Å². The second-order valence-electron chi connectivity index (χ2n) is 5.23. The van der Waals surface area contributed by atoms with Gasteiger partial charge in [0, 0.05) is 12.1 Å². The van der Waals surface area contributed by atoms with E-state index in [2.05, 4.69) is 5.32 Å². The van der Waals surface area contributed by atoms with Crippen LogP contribution in [0.25, 0.3) is 0 Å². The fourth-order valence-corrected chi connectivity index (χ4v) is 2.00. The summed E-state index contributed by atoms with van der Waals surface area (Å²) in [7, 11) is 0. The minimum atomic E-state index is -0.275. The molecule has 2 aromatic rings. The lowest BCUT2D eigenvalue weighted by Crippen LogP contribution is -2.28. The van der Waals surface area contributed by atoms with Gasteiger partial charge in [-0.15, -0.1) is 0 Å². The molecule has 0 unspecified atom stereocenters. The van der Waals surface area contributed by atoms with Crippen molar-refractivity contribution in [2.45, 2.75) is 20.4 Å². The van der Waals surface area contributed by atoms with Crippen molar-refractivity contribution in [3.05, 3.63) is 65.0 Å². The number of ketones is 1. The molecule has 2 rings (SSSR count). The number of amides is 1. The van der Waals surface area contributed by atoms with Gasteiger partial charge in [0.15, 0.2) is 12.4 Å². The van der Waals surface area contributed by atoms with Crippen LogP contribution in [0.5, 0.6) is 5.75 Å². The normalized spacial score (nSPS) is 10.2. The van der Waals surface area contributed by atoms with Crippen molar-refractivity contribution >= 4 is 11.7 Å². The van der Waals surface area contributed by atoms with E-state index in [1.54, 1.807) is 43.3 Å². The van der Waals surface area contributed by atoms with E-state index in [9.17, 15) is 14.0 Å². The number of rotatable bonds is 6. The Balaban J connectivity index is 1.80. The molecule has 0 saturated carbocycles. The Morgan fingerprint density at radius 1 is 1.13 bits per heavy atom. The van der Waals surface area contributed by atoms with Crippen LogP contribution in [0.1, 0.15) is 28.4 Å². The van der Waals surface area contributed by atoms with E-state index in [-0.39, 0.29) is 24.1 Å². The third kappa shape index (κ3) is 4.92. The summed E-state index contributed by atoms with van der Waals surface area (Å²) >= 11 is 0. The Bertz CT molecular complexity index is 711. The Morgan fingerprint density at radius 2 is 1.83 bits per heavy atom. The number of carbonyl (C=O) groups excluding carboxylic acids is 2. The van der Waals surface area contributed by atoms with Crippen LogP contribution in [0.3, 0.4) is 0 Å². The van der Waals surface area contributed by atoms with E-state index >= 15 is 0 Å². The summed E-state index contributed by atoms with van der Waals surface area (Å²) < 4.78 is 18.5. The number of benzene rings is 2. The number of ether oxygens (including phenoxy) is 1. The van der Waals surface area contributed by atoms with Gasteiger partial charge in [-0.3, -0.25) is 9.59 Å². The monoisotopic (exact) mass is 315 g/mol. The zero-order chi connectivity index (χ0) is 16.8. The molecule has 1 amide bonds. The molecule has 0 spiro atoms. The minimum absolute atomic E-state index is 0.0242. The predicted molar refractivity (Wildman–Crippen MR) is 84.9 cm³/mol. The maximum absolute atomic E-state index is 13.2. The molecule has 120 valence electrons. The minimum Gasteiger partial charge on any atom is -0.484 e. The average Bonchev–Trinajstić information content (AvgIpc) is 2.54. The SMILES string of the molecule is CC(=O)c1ccc(OCC(=O)NCc2ccc(F)c(C)c2)cc1. The summed E-state index contributed by atoms with van der Waals surface area (Å²) in [5.41, 5.74) is 1.95. The number of Topliss-reactive ketones (excluding diaryl/α,β-unsaturated/α-hetero) is 1. The van der Waals surface area contributed by atoms with E-state index in [0.717, 1.165) is 5.56 Å². The maximum Gasteiger partial charge on any atom is 0.258 e. The number of nitrogens with one attached hydrogen (secondary N) is 1. The zero-order valence-electron chi connectivity index (χ0n) is 13.1. The van der Waals surface area contributed by atoms with E-state index in [0.29, 0.717) is 23.4 Å². The summed E-state index contributed by atoms with van der Waals surface area (Å²) in [4.78, 5) is 22.9. The van der Waals surface area contributed by atoms with Crippen LogP contribution in [-0.4, -0.2) is 18.3 Å². The molecular weight excluding hydrogens is 297 g/mol. The second-order valence-corrected chi connectivity index (χ2v) is 5.23. The third-order valence-corrected chi connectivity index (χ3v) is 3.34. The van der Waals surface area contributed by atoms with Crippen molar-refractivity contribution in [2.75, 3.05) is 6.61 Å². The van der Waals surface area contributed by atoms with Crippen molar-refractivity contribution in [3.63, 3.8) is 0 Å². The molecule has 0 atom stereocenters. The van der Waals surface area contributed by atoms with Gasteiger partial charge in [-0.25, -0.2) is 4.39 Å². The largest absolute Gasteiger partial charge is 0.484 e. The third-order valence-electron chi connectivity index (χ3n) is 3.34. The van der Waals surface area contributed by atoms with Crippen LogP contribution in [-0.2, 0) is 11.3 Å². The topological polar surface area (TPSA) is 55.4 Å². The van der Waals surface area contributed by atoms with E-state index in [4.69, 9.17) is 4.74 Å². The molecule has 0 aliphatic heterocycles. The number of hydrogen-bond acceptors (Lipinski definition) is 3. The first-order valence-corrected chi connectivity index (χ1v) is 7.21. The lowest BCUT2D eigenvalue weighted by Gasteiger charge is -2.08. The highest BCUT2D eigenvalue weighted by Crippen LogP contribution is 2.12. The molecule has 0 heterocycles. The van der Waals surface area contributed by atoms with Crippen LogP contribution in [0, 0.1) is 12.7 Å². The van der Waals surface area contributed by atoms with Gasteiger partial charge in [0.1, 0.15) is 11.6 Å². The predicted octanol–water partition coefficient (Wildman–Crippen LogP) is 3.03. The Labute approximate surface area is 134 Å². The molecule has 0 fully saturated rings. The smallest absolute Gasteiger partial charge is 0.258 e. The second kappa shape index (κ2) is 7.54. The molecule has 0 aromatic heterocycles. The Hall–Kier alpha value is -2.69. The van der Waals surface area contributed by atoms with Crippen molar-refractivity contribution in [3.8, 4) is 5.75 Å². The van der Waals surface area contributed by atoms with Crippen molar-refractivity contribution in [2.24, 2.45) is 0 Å². The van der Waals surface area contributed by atoms with Gasteiger partial charge in [0.05, 0.1) is 0 Å². The standard InChI is InChI=1S/C18H18FNO3/c1-12-9-14(3-8-17(12)19)10-20-18(22)11-23-16-6-4-15(5-7-16)13(2)21/h3-9H,10-11H2,1-2H3,(H,20,22). The van der Waals surface area contributed by atoms with Gasteiger partial charge in [-0.2, -0.15) is 0 Å². The molecule has 0 aliphatic rings. The lowest BCUT2D eigenvalue weighted by molar-refractivity contribution is -0.123. The Morgan fingerprint density at radius 3 is 2.43 bits per heavy atom. The first kappa shape index (κ1) is 16.7. The van der Waals surface area contributed by atoms with Crippen LogP contribution in [0.2, 0.25) is 0 Å². The fourth-order valence-electron chi connectivity index (χ4n) is 2.00. The summed E-state index contributed by atoms with van der Waals surface area (Å²) in [6, 6.07) is 11.3. The first-order chi connectivity index (χ1) is 11.0. The summed E-state index contributed by atoms with van der Waals surface area (Å²) in [6.07, 6.45) is 0. The summed E-state index contributed by atoms with van der Waals surface area (Å²) in [5.74, 6) is -0.0494. The van der Waals surface area contributed by atoms with Crippen LogP contribution in [0.15, 0.2) is 42.5 Å². The van der Waals surface area contributed by atoms with Gasteiger partial charge in [0.2, 0.25) is 0 Å². The van der Waals surface area contributed by atoms with Crippen LogP contribution < -0.4 is 10.1 Å². The van der Waals surface area contributed by atoms with Gasteiger partial charge in [-0.1, -0.05) is 12.1 Å². The molecule has 0 saturated heterocycles. The number of aryl methyl sites for hydroxylation is 1. The molecule has 0 aliphatic carbocycles. The molecule has 2 aromatic carbocycles. The van der Waals surface area contributed by atoms with Crippen molar-refractivity contribution < 1.29 is 18.7 Å². The highest BCUT2D eigenvalue weighted by atomic mass is 19.1. The van der Waals surface area contributed by atoms with Crippen LogP contribution >= 0.6 is 0 Å². The molecule has 0 radical (unpaired) electrons. The molecule has 1 N–H and O–H groups in total.